The van der Waals surface area contributed by atoms with Crippen LogP contribution in [0.2, 0.25) is 5.02 Å². The third kappa shape index (κ3) is 3.66. The van der Waals surface area contributed by atoms with Gasteiger partial charge in [0.1, 0.15) is 11.9 Å². The van der Waals surface area contributed by atoms with Crippen molar-refractivity contribution < 1.29 is 4.74 Å². The van der Waals surface area contributed by atoms with Crippen molar-refractivity contribution in [3.63, 3.8) is 0 Å². The lowest BCUT2D eigenvalue weighted by molar-refractivity contribution is 0.214. The summed E-state index contributed by atoms with van der Waals surface area (Å²) in [5.74, 6) is 0.799. The van der Waals surface area contributed by atoms with Gasteiger partial charge in [0.25, 0.3) is 0 Å². The summed E-state index contributed by atoms with van der Waals surface area (Å²) >= 11 is 7.87. The number of benzene rings is 2. The van der Waals surface area contributed by atoms with Gasteiger partial charge in [-0.15, -0.1) is 11.8 Å². The zero-order valence-corrected chi connectivity index (χ0v) is 12.2. The molecule has 1 atom stereocenters. The lowest BCUT2D eigenvalue weighted by atomic mass is 10.1. The standard InChI is InChI=1S/C15H16ClNOS/c1-19-12-8-6-11(7-9-12)18-15(10-17)13-4-2-3-5-14(13)16/h2-9,15H,10,17H2,1H3. The average molecular weight is 294 g/mol. The molecule has 100 valence electrons. The Labute approximate surface area is 122 Å². The van der Waals surface area contributed by atoms with Crippen LogP contribution >= 0.6 is 23.4 Å². The van der Waals surface area contributed by atoms with Gasteiger partial charge in [0.05, 0.1) is 0 Å². The van der Waals surface area contributed by atoms with Gasteiger partial charge in [-0.25, -0.2) is 0 Å². The molecule has 0 bridgehead atoms. The molecule has 0 aliphatic rings. The zero-order valence-electron chi connectivity index (χ0n) is 10.7. The molecule has 0 aromatic heterocycles. The summed E-state index contributed by atoms with van der Waals surface area (Å²) in [5, 5.41) is 0.679. The minimum atomic E-state index is -0.228. The summed E-state index contributed by atoms with van der Waals surface area (Å²) in [6.07, 6.45) is 1.82. The summed E-state index contributed by atoms with van der Waals surface area (Å²) in [4.78, 5) is 1.20. The van der Waals surface area contributed by atoms with Gasteiger partial charge in [-0.05, 0) is 36.6 Å². The number of halogens is 1. The van der Waals surface area contributed by atoms with Crippen molar-refractivity contribution in [3.05, 3.63) is 59.1 Å². The van der Waals surface area contributed by atoms with Gasteiger partial charge in [-0.1, -0.05) is 29.8 Å². The predicted molar refractivity (Wildman–Crippen MR) is 82.1 cm³/mol. The van der Waals surface area contributed by atoms with Crippen LogP contribution in [0.4, 0.5) is 0 Å². The second kappa shape index (κ2) is 6.85. The Morgan fingerprint density at radius 1 is 1.16 bits per heavy atom. The number of nitrogens with two attached hydrogens (primary N) is 1. The summed E-state index contributed by atoms with van der Waals surface area (Å²) < 4.78 is 5.91. The highest BCUT2D eigenvalue weighted by atomic mass is 35.5. The fraction of sp³-hybridized carbons (Fsp3) is 0.200. The Hall–Kier alpha value is -1.16. The maximum Gasteiger partial charge on any atom is 0.137 e. The van der Waals surface area contributed by atoms with Crippen LogP contribution in [-0.4, -0.2) is 12.8 Å². The maximum absolute atomic E-state index is 6.17. The molecule has 0 amide bonds. The zero-order chi connectivity index (χ0) is 13.7. The largest absolute Gasteiger partial charge is 0.484 e. The highest BCUT2D eigenvalue weighted by Gasteiger charge is 2.14. The molecule has 0 aliphatic heterocycles. The van der Waals surface area contributed by atoms with E-state index in [1.54, 1.807) is 11.8 Å². The molecule has 0 radical (unpaired) electrons. The number of thioether (sulfide) groups is 1. The number of hydrogen-bond acceptors (Lipinski definition) is 3. The minimum absolute atomic E-state index is 0.228. The van der Waals surface area contributed by atoms with Gasteiger partial charge >= 0.3 is 0 Å². The molecule has 0 heterocycles. The van der Waals surface area contributed by atoms with E-state index >= 15 is 0 Å². The molecule has 2 aromatic carbocycles. The lowest BCUT2D eigenvalue weighted by Gasteiger charge is -2.19. The Kier molecular flexibility index (Phi) is 5.14. The molecule has 19 heavy (non-hydrogen) atoms. The van der Waals surface area contributed by atoms with Crippen LogP contribution in [0.3, 0.4) is 0 Å². The summed E-state index contributed by atoms with van der Waals surface area (Å²) in [7, 11) is 0. The first-order valence-electron chi connectivity index (χ1n) is 6.00. The topological polar surface area (TPSA) is 35.2 Å². The summed E-state index contributed by atoms with van der Waals surface area (Å²) in [5.41, 5.74) is 6.71. The van der Waals surface area contributed by atoms with Gasteiger partial charge in [0, 0.05) is 22.0 Å². The van der Waals surface area contributed by atoms with Crippen molar-refractivity contribution >= 4 is 23.4 Å². The lowest BCUT2D eigenvalue weighted by Crippen LogP contribution is -2.18. The van der Waals surface area contributed by atoms with Crippen molar-refractivity contribution in [2.24, 2.45) is 5.73 Å². The fourth-order valence-electron chi connectivity index (χ4n) is 1.79. The molecule has 0 saturated heterocycles. The van der Waals surface area contributed by atoms with Crippen LogP contribution in [-0.2, 0) is 0 Å². The number of ether oxygens (including phenoxy) is 1. The van der Waals surface area contributed by atoms with Crippen molar-refractivity contribution in [2.45, 2.75) is 11.0 Å². The van der Waals surface area contributed by atoms with E-state index in [2.05, 4.69) is 0 Å². The molecular weight excluding hydrogens is 278 g/mol. The van der Waals surface area contributed by atoms with E-state index in [-0.39, 0.29) is 6.10 Å². The monoisotopic (exact) mass is 293 g/mol. The van der Waals surface area contributed by atoms with E-state index < -0.39 is 0 Å². The van der Waals surface area contributed by atoms with E-state index in [1.165, 1.54) is 4.90 Å². The van der Waals surface area contributed by atoms with Gasteiger partial charge in [0.15, 0.2) is 0 Å². The molecule has 0 fully saturated rings. The molecule has 1 unspecified atom stereocenters. The molecule has 4 heteroatoms. The van der Waals surface area contributed by atoms with Gasteiger partial charge in [-0.2, -0.15) is 0 Å². The SMILES string of the molecule is CSc1ccc(OC(CN)c2ccccc2Cl)cc1. The first-order valence-corrected chi connectivity index (χ1v) is 7.60. The molecule has 2 aromatic rings. The third-order valence-electron chi connectivity index (χ3n) is 2.80. The number of rotatable bonds is 5. The van der Waals surface area contributed by atoms with Crippen LogP contribution in [0, 0.1) is 0 Å². The molecule has 0 aliphatic carbocycles. The predicted octanol–water partition coefficient (Wildman–Crippen LogP) is 4.14. The van der Waals surface area contributed by atoms with Gasteiger partial charge < -0.3 is 10.5 Å². The molecule has 0 spiro atoms. The molecule has 2 nitrogen and oxygen atoms in total. The van der Waals surface area contributed by atoms with E-state index in [9.17, 15) is 0 Å². The van der Waals surface area contributed by atoms with Crippen molar-refractivity contribution in [3.8, 4) is 5.75 Å². The van der Waals surface area contributed by atoms with Crippen molar-refractivity contribution in [1.82, 2.24) is 0 Å². The van der Waals surface area contributed by atoms with Gasteiger partial charge in [0.2, 0.25) is 0 Å². The van der Waals surface area contributed by atoms with E-state index in [4.69, 9.17) is 22.1 Å². The minimum Gasteiger partial charge on any atom is -0.484 e. The van der Waals surface area contributed by atoms with E-state index in [0.29, 0.717) is 11.6 Å². The quantitative estimate of drug-likeness (QED) is 0.842. The Morgan fingerprint density at radius 3 is 2.42 bits per heavy atom. The smallest absolute Gasteiger partial charge is 0.137 e. The summed E-state index contributed by atoms with van der Waals surface area (Å²) in [6, 6.07) is 15.6. The van der Waals surface area contributed by atoms with Crippen LogP contribution < -0.4 is 10.5 Å². The second-order valence-corrected chi connectivity index (χ2v) is 5.33. The Balaban J connectivity index is 2.17. The average Bonchev–Trinajstić information content (AvgIpc) is 2.46. The normalized spacial score (nSPS) is 12.2. The second-order valence-electron chi connectivity index (χ2n) is 4.04. The third-order valence-corrected chi connectivity index (χ3v) is 3.89. The van der Waals surface area contributed by atoms with E-state index in [1.807, 2.05) is 54.8 Å². The van der Waals surface area contributed by atoms with Gasteiger partial charge in [-0.3, -0.25) is 0 Å². The van der Waals surface area contributed by atoms with Crippen molar-refractivity contribution in [2.75, 3.05) is 12.8 Å². The Morgan fingerprint density at radius 2 is 1.84 bits per heavy atom. The Bertz CT molecular complexity index is 530. The first kappa shape index (κ1) is 14.3. The van der Waals surface area contributed by atoms with Crippen LogP contribution in [0.1, 0.15) is 11.7 Å². The molecular formula is C15H16ClNOS. The fourth-order valence-corrected chi connectivity index (χ4v) is 2.46. The molecule has 0 saturated carbocycles. The highest BCUT2D eigenvalue weighted by Crippen LogP contribution is 2.27. The van der Waals surface area contributed by atoms with Crippen LogP contribution in [0.5, 0.6) is 5.75 Å². The van der Waals surface area contributed by atoms with Crippen LogP contribution in [0.15, 0.2) is 53.4 Å². The maximum atomic E-state index is 6.17. The highest BCUT2D eigenvalue weighted by molar-refractivity contribution is 7.98. The molecule has 2 rings (SSSR count). The first-order chi connectivity index (χ1) is 9.24. The number of hydrogen-bond donors (Lipinski definition) is 1. The van der Waals surface area contributed by atoms with Crippen molar-refractivity contribution in [1.29, 1.82) is 0 Å². The van der Waals surface area contributed by atoms with Crippen LogP contribution in [0.25, 0.3) is 0 Å². The molecule has 2 N–H and O–H groups in total. The summed E-state index contributed by atoms with van der Waals surface area (Å²) in [6.45, 7) is 0.383. The van der Waals surface area contributed by atoms with E-state index in [0.717, 1.165) is 11.3 Å².